The van der Waals surface area contributed by atoms with Crippen LogP contribution < -0.4 is 4.90 Å². The fourth-order valence-corrected chi connectivity index (χ4v) is 5.10. The molecule has 0 spiro atoms. The van der Waals surface area contributed by atoms with Gasteiger partial charge in [0.2, 0.25) is 5.91 Å². The molecule has 2 fully saturated rings. The quantitative estimate of drug-likeness (QED) is 0.817. The van der Waals surface area contributed by atoms with Crippen molar-refractivity contribution in [3.05, 3.63) is 17.1 Å². The number of fused-ring (bicyclic) bond motifs is 1. The fourth-order valence-electron chi connectivity index (χ4n) is 5.10. The van der Waals surface area contributed by atoms with Crippen LogP contribution in [0.3, 0.4) is 0 Å². The van der Waals surface area contributed by atoms with Gasteiger partial charge >= 0.3 is 0 Å². The number of aromatic nitrogens is 2. The molecule has 6 nitrogen and oxygen atoms in total. The van der Waals surface area contributed by atoms with Crippen LogP contribution in [0.15, 0.2) is 0 Å². The lowest BCUT2D eigenvalue weighted by atomic mass is 9.89. The summed E-state index contributed by atoms with van der Waals surface area (Å²) < 4.78 is 0. The number of rotatable bonds is 3. The highest BCUT2D eigenvalue weighted by molar-refractivity contribution is 5.73. The van der Waals surface area contributed by atoms with Crippen molar-refractivity contribution in [2.75, 3.05) is 37.6 Å². The van der Waals surface area contributed by atoms with E-state index >= 15 is 0 Å². The van der Waals surface area contributed by atoms with Gasteiger partial charge in [-0.05, 0) is 65.0 Å². The topological polar surface area (TPSA) is 52.6 Å². The van der Waals surface area contributed by atoms with E-state index in [9.17, 15) is 4.79 Å². The summed E-state index contributed by atoms with van der Waals surface area (Å²) in [5, 5.41) is 0. The Morgan fingerprint density at radius 3 is 2.44 bits per heavy atom. The molecule has 4 heterocycles. The average molecular weight is 372 g/mol. The van der Waals surface area contributed by atoms with E-state index < -0.39 is 0 Å². The van der Waals surface area contributed by atoms with Crippen LogP contribution in [-0.4, -0.2) is 64.4 Å². The van der Waals surface area contributed by atoms with E-state index in [0.717, 1.165) is 49.3 Å². The van der Waals surface area contributed by atoms with Crippen LogP contribution in [-0.2, 0) is 17.8 Å². The van der Waals surface area contributed by atoms with Crippen LogP contribution in [0.25, 0.3) is 0 Å². The van der Waals surface area contributed by atoms with Gasteiger partial charge in [0.05, 0.1) is 12.2 Å². The van der Waals surface area contributed by atoms with Crippen LogP contribution in [0.2, 0.25) is 0 Å². The third-order valence-corrected chi connectivity index (χ3v) is 6.84. The third kappa shape index (κ3) is 3.82. The summed E-state index contributed by atoms with van der Waals surface area (Å²) in [6.07, 6.45) is 6.10. The standard InChI is InChI=1S/C21H33N5O/c1-15(24-9-4-5-10-24)18-6-11-25(12-7-18)21-19-8-13-26(17(3)27)14-20(19)22-16(2)23-21/h15,18H,4-14H2,1-3H3/t15-/m1/s1. The van der Waals surface area contributed by atoms with Crippen LogP contribution in [0, 0.1) is 12.8 Å². The molecule has 4 rings (SSSR count). The van der Waals surface area contributed by atoms with Gasteiger partial charge < -0.3 is 14.7 Å². The molecule has 0 aliphatic carbocycles. The van der Waals surface area contributed by atoms with Gasteiger partial charge in [0, 0.05) is 38.2 Å². The van der Waals surface area contributed by atoms with Gasteiger partial charge in [0.25, 0.3) is 0 Å². The molecule has 1 aromatic rings. The van der Waals surface area contributed by atoms with Crippen molar-refractivity contribution in [2.45, 2.75) is 65.5 Å². The lowest BCUT2D eigenvalue weighted by Crippen LogP contribution is -2.44. The maximum Gasteiger partial charge on any atom is 0.219 e. The van der Waals surface area contributed by atoms with Crippen molar-refractivity contribution < 1.29 is 4.79 Å². The van der Waals surface area contributed by atoms with E-state index in [-0.39, 0.29) is 5.91 Å². The highest BCUT2D eigenvalue weighted by atomic mass is 16.2. The van der Waals surface area contributed by atoms with Gasteiger partial charge in [0.15, 0.2) is 0 Å². The zero-order valence-electron chi connectivity index (χ0n) is 17.1. The molecule has 2 saturated heterocycles. The second kappa shape index (κ2) is 7.74. The minimum Gasteiger partial charge on any atom is -0.356 e. The first-order valence-corrected chi connectivity index (χ1v) is 10.6. The molecule has 0 N–H and O–H groups in total. The Hall–Kier alpha value is -1.69. The Kier molecular flexibility index (Phi) is 5.35. The molecule has 0 aromatic carbocycles. The number of hydrogen-bond donors (Lipinski definition) is 0. The minimum atomic E-state index is 0.134. The number of aryl methyl sites for hydroxylation is 1. The molecule has 27 heavy (non-hydrogen) atoms. The monoisotopic (exact) mass is 371 g/mol. The summed E-state index contributed by atoms with van der Waals surface area (Å²) in [5.74, 6) is 2.89. The van der Waals surface area contributed by atoms with Crippen LogP contribution >= 0.6 is 0 Å². The Morgan fingerprint density at radius 2 is 1.78 bits per heavy atom. The molecule has 0 saturated carbocycles. The zero-order valence-corrected chi connectivity index (χ0v) is 17.1. The second-order valence-corrected chi connectivity index (χ2v) is 8.52. The van der Waals surface area contributed by atoms with Crippen LogP contribution in [0.1, 0.15) is 56.6 Å². The Balaban J connectivity index is 1.46. The molecule has 1 aromatic heterocycles. The maximum absolute atomic E-state index is 11.8. The molecule has 148 valence electrons. The smallest absolute Gasteiger partial charge is 0.219 e. The number of carbonyl (C=O) groups excluding carboxylic acids is 1. The van der Waals surface area contributed by atoms with Gasteiger partial charge in [-0.1, -0.05) is 0 Å². The molecule has 1 atom stereocenters. The van der Waals surface area contributed by atoms with Crippen molar-refractivity contribution in [1.29, 1.82) is 0 Å². The van der Waals surface area contributed by atoms with Gasteiger partial charge in [0.1, 0.15) is 11.6 Å². The number of nitrogens with zero attached hydrogens (tertiary/aromatic N) is 5. The number of anilines is 1. The maximum atomic E-state index is 11.8. The van der Waals surface area contributed by atoms with E-state index in [4.69, 9.17) is 4.98 Å². The third-order valence-electron chi connectivity index (χ3n) is 6.84. The van der Waals surface area contributed by atoms with E-state index in [1.54, 1.807) is 6.92 Å². The summed E-state index contributed by atoms with van der Waals surface area (Å²) in [5.41, 5.74) is 2.32. The molecular weight excluding hydrogens is 338 g/mol. The first-order valence-electron chi connectivity index (χ1n) is 10.6. The predicted molar refractivity (Wildman–Crippen MR) is 107 cm³/mol. The summed E-state index contributed by atoms with van der Waals surface area (Å²) in [7, 11) is 0. The highest BCUT2D eigenvalue weighted by Crippen LogP contribution is 2.32. The lowest BCUT2D eigenvalue weighted by Gasteiger charge is -2.40. The van der Waals surface area contributed by atoms with Gasteiger partial charge in [-0.25, -0.2) is 9.97 Å². The first kappa shape index (κ1) is 18.7. The number of piperidine rings is 1. The molecule has 3 aliphatic heterocycles. The number of carbonyl (C=O) groups is 1. The van der Waals surface area contributed by atoms with E-state index in [1.165, 1.54) is 44.3 Å². The van der Waals surface area contributed by atoms with E-state index in [1.807, 2.05) is 11.8 Å². The van der Waals surface area contributed by atoms with Crippen molar-refractivity contribution in [3.63, 3.8) is 0 Å². The van der Waals surface area contributed by atoms with Gasteiger partial charge in [-0.2, -0.15) is 0 Å². The molecule has 1 amide bonds. The first-order chi connectivity index (χ1) is 13.0. The van der Waals surface area contributed by atoms with Crippen LogP contribution in [0.4, 0.5) is 5.82 Å². The molecule has 0 bridgehead atoms. The minimum absolute atomic E-state index is 0.134. The number of hydrogen-bond acceptors (Lipinski definition) is 5. The fraction of sp³-hybridized carbons (Fsp3) is 0.762. The summed E-state index contributed by atoms with van der Waals surface area (Å²) in [4.78, 5) is 28.3. The second-order valence-electron chi connectivity index (χ2n) is 8.52. The lowest BCUT2D eigenvalue weighted by molar-refractivity contribution is -0.129. The van der Waals surface area contributed by atoms with Crippen molar-refractivity contribution in [3.8, 4) is 0 Å². The molecular formula is C21H33N5O. The van der Waals surface area contributed by atoms with E-state index in [0.29, 0.717) is 12.6 Å². The SMILES string of the molecule is CC(=O)N1CCc2c(nc(C)nc2N2CCC([C@@H](C)N3CCCC3)CC2)C1. The van der Waals surface area contributed by atoms with Crippen LogP contribution in [0.5, 0.6) is 0 Å². The van der Waals surface area contributed by atoms with E-state index in [2.05, 4.69) is 21.7 Å². The zero-order chi connectivity index (χ0) is 19.0. The molecule has 0 radical (unpaired) electrons. The Labute approximate surface area is 162 Å². The van der Waals surface area contributed by atoms with Gasteiger partial charge in [-0.15, -0.1) is 0 Å². The van der Waals surface area contributed by atoms with Gasteiger partial charge in [-0.3, -0.25) is 4.79 Å². The predicted octanol–water partition coefficient (Wildman–Crippen LogP) is 2.39. The summed E-state index contributed by atoms with van der Waals surface area (Å²) >= 11 is 0. The van der Waals surface area contributed by atoms with Crippen molar-refractivity contribution >= 4 is 11.7 Å². The Bertz CT molecular complexity index is 692. The van der Waals surface area contributed by atoms with Crippen molar-refractivity contribution in [1.82, 2.24) is 19.8 Å². The summed E-state index contributed by atoms with van der Waals surface area (Å²) in [6.45, 7) is 12.2. The highest BCUT2D eigenvalue weighted by Gasteiger charge is 2.31. The molecule has 0 unspecified atom stereocenters. The normalized spacial score (nSPS) is 22.8. The number of amides is 1. The largest absolute Gasteiger partial charge is 0.356 e. The number of likely N-dealkylation sites (tertiary alicyclic amines) is 1. The average Bonchev–Trinajstić information content (AvgIpc) is 3.21. The molecule has 6 heteroatoms. The van der Waals surface area contributed by atoms with Crippen molar-refractivity contribution in [2.24, 2.45) is 5.92 Å². The summed E-state index contributed by atoms with van der Waals surface area (Å²) in [6, 6.07) is 0.708. The molecule has 3 aliphatic rings. The Morgan fingerprint density at radius 1 is 1.07 bits per heavy atom.